The zero-order chi connectivity index (χ0) is 20.7. The Kier molecular flexibility index (Phi) is 4.69. The lowest BCUT2D eigenvalue weighted by Gasteiger charge is -2.25. The van der Waals surface area contributed by atoms with Crippen molar-refractivity contribution in [1.29, 1.82) is 0 Å². The van der Waals surface area contributed by atoms with Crippen molar-refractivity contribution >= 4 is 23.9 Å². The lowest BCUT2D eigenvalue weighted by molar-refractivity contribution is -0.416. The highest BCUT2D eigenvalue weighted by atomic mass is 16.5. The zero-order valence-corrected chi connectivity index (χ0v) is 16.5. The second-order valence-corrected chi connectivity index (χ2v) is 7.20. The number of nitrogens with zero attached hydrogens (tertiary/aromatic N) is 6. The van der Waals surface area contributed by atoms with E-state index in [9.17, 15) is 14.8 Å². The molecule has 152 valence electrons. The fourth-order valence-electron chi connectivity index (χ4n) is 3.72. The average molecular weight is 398 g/mol. The monoisotopic (exact) mass is 398 g/mol. The highest BCUT2D eigenvalue weighted by molar-refractivity contribution is 6.04. The quantitative estimate of drug-likeness (QED) is 0.399. The Labute approximate surface area is 167 Å². The number of hydrazone groups is 1. The van der Waals surface area contributed by atoms with Crippen LogP contribution in [0.25, 0.3) is 0 Å². The number of ether oxygens (including phenoxy) is 1. The largest absolute Gasteiger partial charge is 0.618 e. The van der Waals surface area contributed by atoms with Crippen LogP contribution in [-0.4, -0.2) is 81.2 Å². The molecule has 0 bridgehead atoms. The number of hydrogen-bond acceptors (Lipinski definition) is 7. The van der Waals surface area contributed by atoms with E-state index in [1.54, 1.807) is 43.3 Å². The molecule has 10 heteroatoms. The molecule has 3 aliphatic heterocycles. The standard InChI is InChI=1S/C19H22N6O4/c1-12-16(13(2)25(12)28)10-23-9-15(7-20-23)24-18(26)11-22(19(24)27)8-14-5-4-6-17(21-14)29-3/h4-7,15H,8-11H2,1-3H3. The predicted molar refractivity (Wildman–Crippen MR) is 104 cm³/mol. The van der Waals surface area contributed by atoms with E-state index in [1.165, 1.54) is 16.9 Å². The first kappa shape index (κ1) is 18.9. The van der Waals surface area contributed by atoms with Gasteiger partial charge in [-0.25, -0.2) is 9.78 Å². The van der Waals surface area contributed by atoms with E-state index in [-0.39, 0.29) is 25.0 Å². The van der Waals surface area contributed by atoms with Gasteiger partial charge >= 0.3 is 6.03 Å². The number of allylic oxidation sites excluding steroid dienone is 1. The number of methoxy groups -OCH3 is 1. The summed E-state index contributed by atoms with van der Waals surface area (Å²) in [7, 11) is 1.53. The van der Waals surface area contributed by atoms with E-state index in [4.69, 9.17) is 4.74 Å². The van der Waals surface area contributed by atoms with Gasteiger partial charge in [0.05, 0.1) is 38.5 Å². The van der Waals surface area contributed by atoms with Crippen molar-refractivity contribution in [2.45, 2.75) is 26.4 Å². The lowest BCUT2D eigenvalue weighted by Crippen LogP contribution is -2.45. The van der Waals surface area contributed by atoms with Gasteiger partial charge in [-0.2, -0.15) is 9.84 Å². The fourth-order valence-corrected chi connectivity index (χ4v) is 3.72. The highest BCUT2D eigenvalue weighted by Crippen LogP contribution is 2.23. The van der Waals surface area contributed by atoms with Crippen molar-refractivity contribution < 1.29 is 19.1 Å². The smallest absolute Gasteiger partial charge is 0.328 e. The summed E-state index contributed by atoms with van der Waals surface area (Å²) < 4.78 is 6.00. The summed E-state index contributed by atoms with van der Waals surface area (Å²) in [5, 5.41) is 17.7. The minimum Gasteiger partial charge on any atom is -0.618 e. The van der Waals surface area contributed by atoms with Crippen LogP contribution in [-0.2, 0) is 11.3 Å². The molecule has 3 aliphatic rings. The third-order valence-electron chi connectivity index (χ3n) is 5.37. The molecule has 0 aromatic carbocycles. The second kappa shape index (κ2) is 7.19. The summed E-state index contributed by atoms with van der Waals surface area (Å²) in [5.74, 6) is 0.198. The van der Waals surface area contributed by atoms with Crippen LogP contribution in [0.3, 0.4) is 0 Å². The molecular weight excluding hydrogens is 376 g/mol. The number of urea groups is 1. The van der Waals surface area contributed by atoms with Crippen LogP contribution >= 0.6 is 0 Å². The van der Waals surface area contributed by atoms with E-state index in [2.05, 4.69) is 10.1 Å². The summed E-state index contributed by atoms with van der Waals surface area (Å²) in [5.41, 5.74) is 2.94. The van der Waals surface area contributed by atoms with Gasteiger partial charge in [0.25, 0.3) is 5.91 Å². The average Bonchev–Trinajstić information content (AvgIpc) is 3.29. The van der Waals surface area contributed by atoms with Crippen molar-refractivity contribution in [3.63, 3.8) is 0 Å². The van der Waals surface area contributed by atoms with Gasteiger partial charge in [-0.3, -0.25) is 14.7 Å². The molecule has 3 amide bonds. The van der Waals surface area contributed by atoms with Crippen LogP contribution in [0.4, 0.5) is 4.79 Å². The van der Waals surface area contributed by atoms with Gasteiger partial charge in [0.15, 0.2) is 0 Å². The summed E-state index contributed by atoms with van der Waals surface area (Å²) in [6.45, 7) is 4.66. The van der Waals surface area contributed by atoms with Crippen molar-refractivity contribution in [3.8, 4) is 5.88 Å². The molecule has 0 radical (unpaired) electrons. The molecule has 10 nitrogen and oxygen atoms in total. The number of hydrogen-bond donors (Lipinski definition) is 0. The van der Waals surface area contributed by atoms with Gasteiger partial charge in [-0.05, 0) is 6.07 Å². The van der Waals surface area contributed by atoms with Crippen LogP contribution in [0.1, 0.15) is 19.5 Å². The zero-order valence-electron chi connectivity index (χ0n) is 16.5. The molecule has 1 aromatic heterocycles. The third kappa shape index (κ3) is 3.30. The minimum absolute atomic E-state index is 0.00432. The van der Waals surface area contributed by atoms with Crippen LogP contribution in [0, 0.1) is 5.21 Å². The Morgan fingerprint density at radius 2 is 2.07 bits per heavy atom. The van der Waals surface area contributed by atoms with Gasteiger partial charge in [0, 0.05) is 26.1 Å². The van der Waals surface area contributed by atoms with Gasteiger partial charge in [0.2, 0.25) is 17.3 Å². The lowest BCUT2D eigenvalue weighted by atomic mass is 10.0. The fraction of sp³-hybridized carbons (Fsp3) is 0.421. The van der Waals surface area contributed by atoms with Crippen molar-refractivity contribution in [3.05, 3.63) is 40.4 Å². The number of rotatable bonds is 6. The number of hydroxylamine groups is 1. The molecule has 1 saturated heterocycles. The topological polar surface area (TPSA) is 104 Å². The molecule has 1 unspecified atom stereocenters. The number of imide groups is 1. The Morgan fingerprint density at radius 3 is 2.79 bits per heavy atom. The van der Waals surface area contributed by atoms with E-state index in [0.717, 1.165) is 10.3 Å². The van der Waals surface area contributed by atoms with Crippen LogP contribution in [0.15, 0.2) is 34.6 Å². The molecule has 1 aromatic rings. The van der Waals surface area contributed by atoms with Gasteiger partial charge < -0.3 is 14.8 Å². The maximum absolute atomic E-state index is 12.8. The van der Waals surface area contributed by atoms with E-state index >= 15 is 0 Å². The Morgan fingerprint density at radius 1 is 1.28 bits per heavy atom. The molecule has 1 fully saturated rings. The first-order chi connectivity index (χ1) is 13.9. The van der Waals surface area contributed by atoms with Gasteiger partial charge in [-0.1, -0.05) is 6.07 Å². The Hall–Kier alpha value is -3.43. The Balaban J connectivity index is 1.39. The van der Waals surface area contributed by atoms with Gasteiger partial charge in [0.1, 0.15) is 12.1 Å². The summed E-state index contributed by atoms with van der Waals surface area (Å²) in [4.78, 5) is 32.4. The SMILES string of the molecule is COc1cccc(CN2CC(=O)N(C3C=NN(CC4=C(C)[N+]([O-])=C4C)C3)C2=O)n1. The molecule has 4 heterocycles. The van der Waals surface area contributed by atoms with Crippen LogP contribution in [0.5, 0.6) is 5.88 Å². The molecule has 4 rings (SSSR count). The van der Waals surface area contributed by atoms with Crippen molar-refractivity contribution in [2.75, 3.05) is 26.7 Å². The van der Waals surface area contributed by atoms with Crippen molar-refractivity contribution in [1.82, 2.24) is 19.8 Å². The van der Waals surface area contributed by atoms with Crippen LogP contribution in [0.2, 0.25) is 0 Å². The first-order valence-electron chi connectivity index (χ1n) is 9.30. The maximum atomic E-state index is 12.8. The first-order valence-corrected chi connectivity index (χ1v) is 9.30. The van der Waals surface area contributed by atoms with Crippen molar-refractivity contribution in [2.24, 2.45) is 5.10 Å². The van der Waals surface area contributed by atoms with Crippen LogP contribution < -0.4 is 4.74 Å². The molecule has 0 aliphatic carbocycles. The number of aromatic nitrogens is 1. The molecule has 0 N–H and O–H groups in total. The third-order valence-corrected chi connectivity index (χ3v) is 5.37. The van der Waals surface area contributed by atoms with Gasteiger partial charge in [-0.15, -0.1) is 0 Å². The number of carbonyl (C=O) groups is 2. The summed E-state index contributed by atoms with van der Waals surface area (Å²) in [6.07, 6.45) is 1.61. The summed E-state index contributed by atoms with van der Waals surface area (Å²) >= 11 is 0. The number of carbonyl (C=O) groups excluding carboxylic acids is 2. The van der Waals surface area contributed by atoms with E-state index < -0.39 is 6.04 Å². The predicted octanol–water partition coefficient (Wildman–Crippen LogP) is 0.783. The number of pyridine rings is 1. The molecular formula is C19H22N6O4. The van der Waals surface area contributed by atoms with E-state index in [1.807, 2.05) is 0 Å². The number of amides is 3. The highest BCUT2D eigenvalue weighted by Gasteiger charge is 2.42. The maximum Gasteiger partial charge on any atom is 0.328 e. The second-order valence-electron chi connectivity index (χ2n) is 7.20. The van der Waals surface area contributed by atoms with E-state index in [0.29, 0.717) is 36.1 Å². The Bertz CT molecular complexity index is 969. The molecule has 1 atom stereocenters. The minimum atomic E-state index is -0.428. The summed E-state index contributed by atoms with van der Waals surface area (Å²) in [6, 6.07) is 4.52. The normalized spacial score (nSPS) is 21.6. The molecule has 29 heavy (non-hydrogen) atoms. The molecule has 0 saturated carbocycles. The molecule has 0 spiro atoms.